The van der Waals surface area contributed by atoms with Crippen molar-refractivity contribution in [1.29, 1.82) is 5.26 Å². The number of halogens is 5. The van der Waals surface area contributed by atoms with Gasteiger partial charge >= 0.3 is 6.11 Å². The molecule has 3 rings (SSSR count). The van der Waals surface area contributed by atoms with E-state index in [0.29, 0.717) is 0 Å². The molecule has 1 aliphatic rings. The molecule has 25 heavy (non-hydrogen) atoms. The van der Waals surface area contributed by atoms with E-state index < -0.39 is 46.8 Å². The van der Waals surface area contributed by atoms with E-state index in [1.54, 1.807) is 6.07 Å². The zero-order chi connectivity index (χ0) is 18.4. The zero-order valence-corrected chi connectivity index (χ0v) is 12.0. The Morgan fingerprint density at radius 2 is 1.92 bits per heavy atom. The van der Waals surface area contributed by atoms with Crippen LogP contribution in [-0.2, 0) is 0 Å². The maximum Gasteiger partial charge on any atom is 0.466 e. The number of alkyl halides is 4. The highest BCUT2D eigenvalue weighted by Gasteiger charge is 2.53. The van der Waals surface area contributed by atoms with E-state index in [2.05, 4.69) is 4.74 Å². The smallest absolute Gasteiger partial charge is 0.453 e. The number of hydrogen-bond acceptors (Lipinski definition) is 4. The van der Waals surface area contributed by atoms with Gasteiger partial charge in [0.05, 0.1) is 17.2 Å². The molecule has 0 radical (unpaired) electrons. The van der Waals surface area contributed by atoms with Crippen LogP contribution in [0, 0.1) is 17.1 Å². The van der Waals surface area contributed by atoms with Crippen LogP contribution in [-0.4, -0.2) is 11.9 Å². The molecule has 4 nitrogen and oxygen atoms in total. The van der Waals surface area contributed by atoms with Gasteiger partial charge in [-0.3, -0.25) is 4.79 Å². The molecule has 128 valence electrons. The first kappa shape index (κ1) is 16.7. The van der Waals surface area contributed by atoms with Crippen LogP contribution in [0.5, 0.6) is 17.2 Å². The monoisotopic (exact) mass is 355 g/mol. The number of Topliss-reactive ketones (excluding diaryl/α,β-unsaturated/α-hetero) is 1. The second kappa shape index (κ2) is 5.73. The van der Waals surface area contributed by atoms with E-state index in [4.69, 9.17) is 10.00 Å². The summed E-state index contributed by atoms with van der Waals surface area (Å²) in [4.78, 5) is 11.6. The van der Waals surface area contributed by atoms with Gasteiger partial charge in [0.25, 0.3) is 12.2 Å². The maximum atomic E-state index is 13.5. The number of carbonyl (C=O) groups excluding carboxylic acids is 1. The minimum Gasteiger partial charge on any atom is -0.453 e. The molecule has 0 amide bonds. The minimum atomic E-state index is -4.31. The highest BCUT2D eigenvalue weighted by atomic mass is 19.3. The van der Waals surface area contributed by atoms with Crippen LogP contribution in [0.2, 0.25) is 0 Å². The lowest BCUT2D eigenvalue weighted by molar-refractivity contribution is -0.124. The van der Waals surface area contributed by atoms with Crippen molar-refractivity contribution in [3.05, 3.63) is 52.8 Å². The molecule has 1 heterocycles. The number of nitriles is 1. The first-order valence-corrected chi connectivity index (χ1v) is 6.68. The number of ketones is 1. The molecule has 2 aromatic rings. The summed E-state index contributed by atoms with van der Waals surface area (Å²) in [6.07, 6.45) is -7.51. The van der Waals surface area contributed by atoms with Crippen LogP contribution in [0.4, 0.5) is 22.0 Å². The lowest BCUT2D eigenvalue weighted by atomic mass is 10.0. The molecule has 0 unspecified atom stereocenters. The van der Waals surface area contributed by atoms with Gasteiger partial charge in [-0.2, -0.15) is 14.0 Å². The maximum absolute atomic E-state index is 13.5. The molecule has 1 aliphatic heterocycles. The fraction of sp³-hybridized carbons (Fsp3) is 0.125. The van der Waals surface area contributed by atoms with Gasteiger partial charge in [0.2, 0.25) is 0 Å². The van der Waals surface area contributed by atoms with Crippen molar-refractivity contribution < 1.29 is 36.2 Å². The standard InChI is InChI=1S/C16H6F5NO3/c17-8-3-7(6-22)4-9(5-8)24-11-2-1-10(15(18)19)12-13(11)25-16(20,21)14(12)23/h1-5,15H. The number of benzene rings is 2. The third-order valence-corrected chi connectivity index (χ3v) is 3.34. The molecule has 0 atom stereocenters. The van der Waals surface area contributed by atoms with Gasteiger partial charge in [0, 0.05) is 11.6 Å². The van der Waals surface area contributed by atoms with Crippen LogP contribution in [0.25, 0.3) is 0 Å². The SMILES string of the molecule is N#Cc1cc(F)cc(Oc2ccc(C(F)F)c3c2OC(F)(F)C3=O)c1. The van der Waals surface area contributed by atoms with Crippen LogP contribution in [0.15, 0.2) is 30.3 Å². The molecular weight excluding hydrogens is 349 g/mol. The van der Waals surface area contributed by atoms with E-state index >= 15 is 0 Å². The van der Waals surface area contributed by atoms with Crippen molar-refractivity contribution in [3.8, 4) is 23.3 Å². The van der Waals surface area contributed by atoms with E-state index in [9.17, 15) is 26.7 Å². The van der Waals surface area contributed by atoms with Crippen LogP contribution >= 0.6 is 0 Å². The summed E-state index contributed by atoms with van der Waals surface area (Å²) in [5.41, 5.74) is -2.03. The summed E-state index contributed by atoms with van der Waals surface area (Å²) in [7, 11) is 0. The first-order chi connectivity index (χ1) is 11.7. The van der Waals surface area contributed by atoms with Gasteiger partial charge < -0.3 is 9.47 Å². The second-order valence-electron chi connectivity index (χ2n) is 5.00. The van der Waals surface area contributed by atoms with Crippen LogP contribution < -0.4 is 9.47 Å². The molecule has 0 saturated heterocycles. The third-order valence-electron chi connectivity index (χ3n) is 3.34. The number of ether oxygens (including phenoxy) is 2. The van der Waals surface area contributed by atoms with Gasteiger partial charge in [0.15, 0.2) is 11.5 Å². The highest BCUT2D eigenvalue weighted by Crippen LogP contribution is 2.48. The van der Waals surface area contributed by atoms with Crippen molar-refractivity contribution in [3.63, 3.8) is 0 Å². The van der Waals surface area contributed by atoms with Crippen molar-refractivity contribution in [2.75, 3.05) is 0 Å². The van der Waals surface area contributed by atoms with Gasteiger partial charge in [-0.15, -0.1) is 0 Å². The van der Waals surface area contributed by atoms with Crippen molar-refractivity contribution in [1.82, 2.24) is 0 Å². The van der Waals surface area contributed by atoms with Crippen molar-refractivity contribution in [2.45, 2.75) is 12.5 Å². The molecule has 0 aromatic heterocycles. The summed E-state index contributed by atoms with van der Waals surface area (Å²) < 4.78 is 75.7. The Hall–Kier alpha value is -3.15. The van der Waals surface area contributed by atoms with Crippen LogP contribution in [0.3, 0.4) is 0 Å². The number of hydrogen-bond donors (Lipinski definition) is 0. The highest BCUT2D eigenvalue weighted by molar-refractivity contribution is 6.07. The molecule has 0 spiro atoms. The topological polar surface area (TPSA) is 59.3 Å². The molecule has 2 aromatic carbocycles. The predicted octanol–water partition coefficient (Wildman–Crippen LogP) is 4.60. The largest absolute Gasteiger partial charge is 0.466 e. The fourth-order valence-corrected chi connectivity index (χ4v) is 2.31. The zero-order valence-electron chi connectivity index (χ0n) is 12.0. The quantitative estimate of drug-likeness (QED) is 0.756. The van der Waals surface area contributed by atoms with E-state index in [1.165, 1.54) is 0 Å². The molecule has 9 heteroatoms. The summed E-state index contributed by atoms with van der Waals surface area (Å²) >= 11 is 0. The van der Waals surface area contributed by atoms with Crippen molar-refractivity contribution >= 4 is 5.78 Å². The molecule has 0 saturated carbocycles. The fourth-order valence-electron chi connectivity index (χ4n) is 2.31. The van der Waals surface area contributed by atoms with Crippen LogP contribution in [0.1, 0.15) is 27.9 Å². The van der Waals surface area contributed by atoms with Gasteiger partial charge in [-0.1, -0.05) is 0 Å². The summed E-state index contributed by atoms with van der Waals surface area (Å²) in [6.45, 7) is 0. The number of rotatable bonds is 3. The second-order valence-corrected chi connectivity index (χ2v) is 5.00. The van der Waals surface area contributed by atoms with Gasteiger partial charge in [-0.25, -0.2) is 13.2 Å². The van der Waals surface area contributed by atoms with E-state index in [1.807, 2.05) is 0 Å². The van der Waals surface area contributed by atoms with Gasteiger partial charge in [0.1, 0.15) is 11.6 Å². The Morgan fingerprint density at radius 1 is 1.20 bits per heavy atom. The Morgan fingerprint density at radius 3 is 2.56 bits per heavy atom. The van der Waals surface area contributed by atoms with Gasteiger partial charge in [-0.05, 0) is 24.3 Å². The van der Waals surface area contributed by atoms with E-state index in [-0.39, 0.29) is 11.3 Å². The summed E-state index contributed by atoms with van der Waals surface area (Å²) in [6, 6.07) is 6.16. The Labute approximate surface area is 137 Å². The number of carbonyl (C=O) groups is 1. The normalized spacial score (nSPS) is 14.8. The predicted molar refractivity (Wildman–Crippen MR) is 72.5 cm³/mol. The minimum absolute atomic E-state index is 0.113. The third kappa shape index (κ3) is 2.87. The molecule has 0 aliphatic carbocycles. The average molecular weight is 355 g/mol. The Bertz CT molecular complexity index is 921. The molecular formula is C16H6F5NO3. The summed E-state index contributed by atoms with van der Waals surface area (Å²) in [5, 5.41) is 8.78. The van der Waals surface area contributed by atoms with Crippen molar-refractivity contribution in [2.24, 2.45) is 0 Å². The number of nitrogens with zero attached hydrogens (tertiary/aromatic N) is 1. The Kier molecular flexibility index (Phi) is 3.83. The molecule has 0 fully saturated rings. The molecule has 0 bridgehead atoms. The molecule has 0 N–H and O–H groups in total. The summed E-state index contributed by atoms with van der Waals surface area (Å²) in [5.74, 6) is -4.36. The first-order valence-electron chi connectivity index (χ1n) is 6.68. The lowest BCUT2D eigenvalue weighted by Crippen LogP contribution is -2.28. The van der Waals surface area contributed by atoms with E-state index in [0.717, 1.165) is 30.3 Å². The number of fused-ring (bicyclic) bond motifs is 1. The lowest BCUT2D eigenvalue weighted by Gasteiger charge is -2.12. The average Bonchev–Trinajstić information content (AvgIpc) is 2.78. The Balaban J connectivity index is 2.10.